The van der Waals surface area contributed by atoms with Crippen LogP contribution in [0.15, 0.2) is 186 Å². The van der Waals surface area contributed by atoms with Crippen molar-refractivity contribution in [3.05, 3.63) is 182 Å². The normalized spacial score (nSPS) is 11.9. The Balaban J connectivity index is 1.06. The van der Waals surface area contributed by atoms with Gasteiger partial charge in [-0.05, 0) is 59.7 Å². The van der Waals surface area contributed by atoms with Gasteiger partial charge in [-0.2, -0.15) is 0 Å². The summed E-state index contributed by atoms with van der Waals surface area (Å²) in [6.45, 7) is 0. The number of rotatable bonds is 5. The number of hydrogen-bond acceptors (Lipinski definition) is 5. The quantitative estimate of drug-likeness (QED) is 0.176. The monoisotopic (exact) mass is 746 g/mol. The topological polar surface area (TPSA) is 56.7 Å². The number of furan rings is 1. The van der Waals surface area contributed by atoms with Crippen LogP contribution in [0.2, 0.25) is 0 Å². The molecule has 5 nitrogen and oxygen atoms in total. The molecular weight excluding hydrogens is 717 g/mol. The van der Waals surface area contributed by atoms with E-state index in [1.807, 2.05) is 30.3 Å². The predicted molar refractivity (Wildman–Crippen MR) is 236 cm³/mol. The van der Waals surface area contributed by atoms with Crippen LogP contribution >= 0.6 is 11.3 Å². The van der Waals surface area contributed by atoms with Crippen molar-refractivity contribution < 1.29 is 4.42 Å². The Kier molecular flexibility index (Phi) is 7.03. The van der Waals surface area contributed by atoms with Gasteiger partial charge in [-0.3, -0.25) is 0 Å². The molecule has 266 valence electrons. The average molecular weight is 747 g/mol. The Morgan fingerprint density at radius 1 is 0.386 bits per heavy atom. The maximum absolute atomic E-state index is 6.29. The first kappa shape index (κ1) is 31.9. The van der Waals surface area contributed by atoms with Gasteiger partial charge in [-0.15, -0.1) is 11.3 Å². The van der Waals surface area contributed by atoms with Crippen molar-refractivity contribution in [3.63, 3.8) is 0 Å². The molecule has 0 amide bonds. The lowest BCUT2D eigenvalue weighted by atomic mass is 9.98. The smallest absolute Gasteiger partial charge is 0.164 e. The molecule has 0 aliphatic rings. The number of nitrogens with zero attached hydrogens (tertiary/aromatic N) is 4. The lowest BCUT2D eigenvalue weighted by Crippen LogP contribution is -2.01. The summed E-state index contributed by atoms with van der Waals surface area (Å²) in [7, 11) is 0. The molecule has 0 fully saturated rings. The van der Waals surface area contributed by atoms with Gasteiger partial charge in [-0.25, -0.2) is 15.0 Å². The molecule has 8 aromatic carbocycles. The first-order valence-electron chi connectivity index (χ1n) is 19.0. The van der Waals surface area contributed by atoms with E-state index >= 15 is 0 Å². The molecule has 6 heteroatoms. The van der Waals surface area contributed by atoms with E-state index in [-0.39, 0.29) is 0 Å². The summed E-state index contributed by atoms with van der Waals surface area (Å²) < 4.78 is 11.1. The molecule has 0 unspecified atom stereocenters. The molecule has 4 aromatic heterocycles. The van der Waals surface area contributed by atoms with Crippen molar-refractivity contribution in [1.82, 2.24) is 19.5 Å². The third kappa shape index (κ3) is 5.04. The highest BCUT2D eigenvalue weighted by Gasteiger charge is 2.19. The molecular formula is C51H30N4OS. The number of benzene rings is 8. The van der Waals surface area contributed by atoms with Crippen molar-refractivity contribution >= 4 is 75.3 Å². The SMILES string of the molecule is c1ccc(-c2nc(-c3cccc(-n4c5ccccc5c5ccc(-c6cccc7oc8ccccc8c67)cc54)c3)nc(-c3cccc4sc5ccccc5c34)n2)cc1. The lowest BCUT2D eigenvalue weighted by molar-refractivity contribution is 0.669. The van der Waals surface area contributed by atoms with Crippen molar-refractivity contribution in [2.45, 2.75) is 0 Å². The molecule has 0 aliphatic carbocycles. The first-order valence-corrected chi connectivity index (χ1v) is 19.8. The standard InChI is InChI=1S/C51H30N4OS/c1-2-13-31(14-3-1)49-52-50(54-51(53-49)40-21-12-26-46-48(40)39-19-6-9-25-45(39)57-46)33-15-10-16-34(29-33)55-41-22-7-4-17-36(41)37-28-27-32(30-42(37)55)35-20-11-24-44-47(35)38-18-5-8-23-43(38)56-44/h1-30H. The fraction of sp³-hybridized carbons (Fsp3) is 0. The van der Waals surface area contributed by atoms with Gasteiger partial charge in [0.1, 0.15) is 11.2 Å². The third-order valence-electron chi connectivity index (χ3n) is 11.1. The summed E-state index contributed by atoms with van der Waals surface area (Å²) in [5, 5.41) is 7.01. The highest BCUT2D eigenvalue weighted by Crippen LogP contribution is 2.42. The minimum atomic E-state index is 0.622. The predicted octanol–water partition coefficient (Wildman–Crippen LogP) is 13.9. The molecule has 0 atom stereocenters. The summed E-state index contributed by atoms with van der Waals surface area (Å²) in [6, 6.07) is 63.8. The van der Waals surface area contributed by atoms with Gasteiger partial charge in [0.25, 0.3) is 0 Å². The molecule has 0 aliphatic heterocycles. The van der Waals surface area contributed by atoms with Gasteiger partial charge < -0.3 is 8.98 Å². The maximum atomic E-state index is 6.29. The van der Waals surface area contributed by atoms with E-state index in [0.717, 1.165) is 66.5 Å². The molecule has 0 spiro atoms. The Labute approximate surface area is 330 Å². The first-order chi connectivity index (χ1) is 28.2. The van der Waals surface area contributed by atoms with Crippen LogP contribution in [0.4, 0.5) is 0 Å². The van der Waals surface area contributed by atoms with Gasteiger partial charge in [-0.1, -0.05) is 133 Å². The van der Waals surface area contributed by atoms with E-state index in [2.05, 4.69) is 156 Å². The largest absolute Gasteiger partial charge is 0.456 e. The van der Waals surface area contributed by atoms with E-state index in [1.54, 1.807) is 11.3 Å². The molecule has 0 saturated heterocycles. The van der Waals surface area contributed by atoms with Crippen LogP contribution in [0, 0.1) is 0 Å². The van der Waals surface area contributed by atoms with Crippen LogP contribution < -0.4 is 0 Å². The summed E-state index contributed by atoms with van der Waals surface area (Å²) in [5.74, 6) is 1.91. The summed E-state index contributed by atoms with van der Waals surface area (Å²) >= 11 is 1.80. The summed E-state index contributed by atoms with van der Waals surface area (Å²) in [5.41, 5.74) is 10.2. The van der Waals surface area contributed by atoms with Crippen LogP contribution in [0.1, 0.15) is 0 Å². The van der Waals surface area contributed by atoms with Crippen molar-refractivity contribution in [2.75, 3.05) is 0 Å². The number of thiophene rings is 1. The maximum Gasteiger partial charge on any atom is 0.164 e. The second-order valence-electron chi connectivity index (χ2n) is 14.4. The third-order valence-corrected chi connectivity index (χ3v) is 12.2. The number of fused-ring (bicyclic) bond motifs is 9. The van der Waals surface area contributed by atoms with Crippen LogP contribution in [-0.4, -0.2) is 19.5 Å². The van der Waals surface area contributed by atoms with Gasteiger partial charge in [0.05, 0.1) is 11.0 Å². The molecule has 0 bridgehead atoms. The molecule has 57 heavy (non-hydrogen) atoms. The summed E-state index contributed by atoms with van der Waals surface area (Å²) in [6.07, 6.45) is 0. The average Bonchev–Trinajstić information content (AvgIpc) is 3.96. The Hall–Kier alpha value is -7.41. The lowest BCUT2D eigenvalue weighted by Gasteiger charge is -2.12. The van der Waals surface area contributed by atoms with E-state index in [4.69, 9.17) is 19.4 Å². The van der Waals surface area contributed by atoms with E-state index in [1.165, 1.54) is 30.9 Å². The minimum Gasteiger partial charge on any atom is -0.456 e. The van der Waals surface area contributed by atoms with Crippen LogP contribution in [0.3, 0.4) is 0 Å². The van der Waals surface area contributed by atoms with E-state index in [0.29, 0.717) is 17.5 Å². The molecule has 4 heterocycles. The molecule has 0 saturated carbocycles. The number of aromatic nitrogens is 4. The highest BCUT2D eigenvalue weighted by molar-refractivity contribution is 7.25. The molecule has 12 aromatic rings. The van der Waals surface area contributed by atoms with Gasteiger partial charge in [0.2, 0.25) is 0 Å². The van der Waals surface area contributed by atoms with Gasteiger partial charge in [0.15, 0.2) is 17.5 Å². The Morgan fingerprint density at radius 3 is 1.95 bits per heavy atom. The second kappa shape index (κ2) is 12.6. The fourth-order valence-electron chi connectivity index (χ4n) is 8.52. The second-order valence-corrected chi connectivity index (χ2v) is 15.4. The van der Waals surface area contributed by atoms with Crippen molar-refractivity contribution in [1.29, 1.82) is 0 Å². The van der Waals surface area contributed by atoms with Crippen molar-refractivity contribution in [2.24, 2.45) is 0 Å². The molecule has 0 N–H and O–H groups in total. The number of para-hydroxylation sites is 2. The Bertz CT molecular complexity index is 3540. The van der Waals surface area contributed by atoms with Crippen LogP contribution in [0.25, 0.3) is 115 Å². The summed E-state index contributed by atoms with van der Waals surface area (Å²) in [4.78, 5) is 15.5. The Morgan fingerprint density at radius 2 is 1.04 bits per heavy atom. The van der Waals surface area contributed by atoms with Gasteiger partial charge in [0, 0.05) is 64.1 Å². The van der Waals surface area contributed by atoms with Crippen LogP contribution in [-0.2, 0) is 0 Å². The van der Waals surface area contributed by atoms with E-state index < -0.39 is 0 Å². The van der Waals surface area contributed by atoms with Gasteiger partial charge >= 0.3 is 0 Å². The highest BCUT2D eigenvalue weighted by atomic mass is 32.1. The zero-order valence-electron chi connectivity index (χ0n) is 30.4. The zero-order chi connectivity index (χ0) is 37.5. The molecule has 12 rings (SSSR count). The van der Waals surface area contributed by atoms with Crippen LogP contribution in [0.5, 0.6) is 0 Å². The minimum absolute atomic E-state index is 0.622. The van der Waals surface area contributed by atoms with E-state index in [9.17, 15) is 0 Å². The number of hydrogen-bond donors (Lipinski definition) is 0. The zero-order valence-corrected chi connectivity index (χ0v) is 31.2. The van der Waals surface area contributed by atoms with Crippen molar-refractivity contribution in [3.8, 4) is 51.0 Å². The fourth-order valence-corrected chi connectivity index (χ4v) is 9.65. The molecule has 0 radical (unpaired) electrons.